The summed E-state index contributed by atoms with van der Waals surface area (Å²) >= 11 is 0. The minimum absolute atomic E-state index is 0.176. The number of hydrogen-bond donors (Lipinski definition) is 4. The highest BCUT2D eigenvalue weighted by atomic mass is 16.5. The topological polar surface area (TPSA) is 125 Å². The van der Waals surface area contributed by atoms with E-state index in [0.29, 0.717) is 0 Å². The summed E-state index contributed by atoms with van der Waals surface area (Å²) in [5.74, 6) is -1.62. The van der Waals surface area contributed by atoms with Gasteiger partial charge in [0.1, 0.15) is 18.2 Å². The third-order valence-electron chi connectivity index (χ3n) is 4.90. The van der Waals surface area contributed by atoms with Gasteiger partial charge in [-0.25, -0.2) is 10.3 Å². The number of carbonyl (C=O) groups is 3. The van der Waals surface area contributed by atoms with Gasteiger partial charge in [-0.05, 0) is 31.2 Å². The van der Waals surface area contributed by atoms with Crippen LogP contribution in [0.1, 0.15) is 37.7 Å². The highest BCUT2D eigenvalue weighted by molar-refractivity contribution is 5.91. The van der Waals surface area contributed by atoms with E-state index in [2.05, 4.69) is 11.2 Å². The zero-order valence-corrected chi connectivity index (χ0v) is 16.0. The normalized spacial score (nSPS) is 16.9. The number of aliphatic hydroxyl groups excluding tert-OH is 1. The maximum Gasteiger partial charge on any atom is 0.329 e. The predicted molar refractivity (Wildman–Crippen MR) is 103 cm³/mol. The first-order chi connectivity index (χ1) is 14.0. The van der Waals surface area contributed by atoms with Crippen LogP contribution in [-0.2, 0) is 25.5 Å². The van der Waals surface area contributed by atoms with E-state index < -0.39 is 35.8 Å². The van der Waals surface area contributed by atoms with Gasteiger partial charge >= 0.3 is 5.97 Å². The van der Waals surface area contributed by atoms with Crippen molar-refractivity contribution in [2.24, 2.45) is 5.92 Å². The van der Waals surface area contributed by atoms with Crippen LogP contribution in [0.2, 0.25) is 0 Å². The Hall–Kier alpha value is -2.89. The Morgan fingerprint density at radius 1 is 1.17 bits per heavy atom. The molecule has 8 nitrogen and oxygen atoms in total. The van der Waals surface area contributed by atoms with Crippen LogP contribution in [0.15, 0.2) is 30.3 Å². The van der Waals surface area contributed by atoms with Gasteiger partial charge in [-0.2, -0.15) is 0 Å². The third kappa shape index (κ3) is 6.59. The van der Waals surface area contributed by atoms with Gasteiger partial charge in [-0.1, -0.05) is 30.3 Å². The average molecular weight is 402 g/mol. The molecule has 1 aromatic carbocycles. The maximum atomic E-state index is 12.7. The van der Waals surface area contributed by atoms with E-state index in [1.807, 2.05) is 30.3 Å². The van der Waals surface area contributed by atoms with Crippen molar-refractivity contribution in [2.45, 2.75) is 56.8 Å². The summed E-state index contributed by atoms with van der Waals surface area (Å²) in [6, 6.07) is 8.08. The van der Waals surface area contributed by atoms with Crippen molar-refractivity contribution < 1.29 is 29.4 Å². The van der Waals surface area contributed by atoms with Gasteiger partial charge in [0, 0.05) is 12.8 Å². The molecule has 1 aliphatic rings. The molecular formula is C21H26N2O6. The SMILES string of the molecule is C#CCC(C(=O)NC(Cc1ccccc1)C(=O)OC1CCCC1)C(O)C(=O)NO. The zero-order chi connectivity index (χ0) is 21.2. The number of hydrogen-bond acceptors (Lipinski definition) is 6. The van der Waals surface area contributed by atoms with Gasteiger partial charge < -0.3 is 15.2 Å². The Morgan fingerprint density at radius 2 is 1.83 bits per heavy atom. The summed E-state index contributed by atoms with van der Waals surface area (Å²) in [6.45, 7) is 0. The van der Waals surface area contributed by atoms with Crippen molar-refractivity contribution >= 4 is 17.8 Å². The van der Waals surface area contributed by atoms with E-state index in [1.54, 1.807) is 0 Å². The lowest BCUT2D eigenvalue weighted by molar-refractivity contribution is -0.154. The number of terminal acetylenes is 1. The fourth-order valence-corrected chi connectivity index (χ4v) is 3.30. The van der Waals surface area contributed by atoms with Gasteiger partial charge in [0.25, 0.3) is 5.91 Å². The van der Waals surface area contributed by atoms with Crippen LogP contribution >= 0.6 is 0 Å². The van der Waals surface area contributed by atoms with E-state index in [0.717, 1.165) is 31.2 Å². The summed E-state index contributed by atoms with van der Waals surface area (Å²) < 4.78 is 5.54. The standard InChI is InChI=1S/C21H26N2O6/c1-2-8-16(18(24)20(26)23-28)19(25)22-17(13-14-9-4-3-5-10-14)21(27)29-15-11-6-7-12-15/h1,3-5,9-10,15-18,24,28H,6-8,11-13H2,(H,22,25)(H,23,26). The lowest BCUT2D eigenvalue weighted by atomic mass is 9.96. The van der Waals surface area contributed by atoms with Crippen molar-refractivity contribution in [1.82, 2.24) is 10.8 Å². The first-order valence-electron chi connectivity index (χ1n) is 9.56. The summed E-state index contributed by atoms with van der Waals surface area (Å²) in [4.78, 5) is 36.9. The van der Waals surface area contributed by atoms with E-state index in [-0.39, 0.29) is 18.9 Å². The monoisotopic (exact) mass is 402 g/mol. The highest BCUT2D eigenvalue weighted by Gasteiger charge is 2.35. The van der Waals surface area contributed by atoms with Crippen molar-refractivity contribution in [3.05, 3.63) is 35.9 Å². The number of rotatable bonds is 9. The van der Waals surface area contributed by atoms with Crippen LogP contribution in [0.4, 0.5) is 0 Å². The molecule has 0 aliphatic heterocycles. The van der Waals surface area contributed by atoms with E-state index in [4.69, 9.17) is 16.4 Å². The number of amides is 2. The highest BCUT2D eigenvalue weighted by Crippen LogP contribution is 2.22. The number of esters is 1. The molecule has 2 rings (SSSR count). The number of aliphatic hydroxyl groups is 1. The molecule has 0 bridgehead atoms. The Labute approximate surface area is 169 Å². The molecule has 0 aromatic heterocycles. The molecule has 1 aliphatic carbocycles. The van der Waals surface area contributed by atoms with Gasteiger partial charge in [0.15, 0.2) is 0 Å². The molecule has 0 spiro atoms. The Balaban J connectivity index is 2.15. The minimum atomic E-state index is -1.86. The number of hydroxylamine groups is 1. The fourth-order valence-electron chi connectivity index (χ4n) is 3.30. The molecule has 1 saturated carbocycles. The predicted octanol–water partition coefficient (Wildman–Crippen LogP) is 0.706. The minimum Gasteiger partial charge on any atom is -0.461 e. The lowest BCUT2D eigenvalue weighted by Gasteiger charge is -2.24. The zero-order valence-electron chi connectivity index (χ0n) is 16.0. The smallest absolute Gasteiger partial charge is 0.329 e. The molecule has 1 aromatic rings. The summed E-state index contributed by atoms with van der Waals surface area (Å²) in [5.41, 5.74) is 2.10. The molecule has 0 saturated heterocycles. The largest absolute Gasteiger partial charge is 0.461 e. The van der Waals surface area contributed by atoms with E-state index in [9.17, 15) is 19.5 Å². The molecule has 1 fully saturated rings. The number of ether oxygens (including phenoxy) is 1. The fraction of sp³-hybridized carbons (Fsp3) is 0.476. The first kappa shape index (κ1) is 22.4. The molecule has 29 heavy (non-hydrogen) atoms. The lowest BCUT2D eigenvalue weighted by Crippen LogP contribution is -2.51. The second-order valence-electron chi connectivity index (χ2n) is 7.03. The number of benzene rings is 1. The Kier molecular flexibility index (Phi) is 8.65. The van der Waals surface area contributed by atoms with Crippen molar-refractivity contribution in [3.8, 4) is 12.3 Å². The molecule has 8 heteroatoms. The Morgan fingerprint density at radius 3 is 2.41 bits per heavy atom. The van der Waals surface area contributed by atoms with Crippen LogP contribution in [0.3, 0.4) is 0 Å². The molecule has 3 unspecified atom stereocenters. The number of carbonyl (C=O) groups excluding carboxylic acids is 3. The third-order valence-corrected chi connectivity index (χ3v) is 4.90. The van der Waals surface area contributed by atoms with Crippen LogP contribution in [0.5, 0.6) is 0 Å². The molecule has 2 amide bonds. The molecule has 156 valence electrons. The van der Waals surface area contributed by atoms with Gasteiger partial charge in [-0.15, -0.1) is 12.3 Å². The van der Waals surface area contributed by atoms with Crippen LogP contribution < -0.4 is 10.8 Å². The molecule has 0 radical (unpaired) electrons. The van der Waals surface area contributed by atoms with Crippen molar-refractivity contribution in [3.63, 3.8) is 0 Å². The van der Waals surface area contributed by atoms with Crippen molar-refractivity contribution in [1.29, 1.82) is 0 Å². The second-order valence-corrected chi connectivity index (χ2v) is 7.03. The molecule has 3 atom stereocenters. The van der Waals surface area contributed by atoms with Crippen molar-refractivity contribution in [2.75, 3.05) is 0 Å². The summed E-state index contributed by atoms with van der Waals surface area (Å²) in [5, 5.41) is 21.3. The summed E-state index contributed by atoms with van der Waals surface area (Å²) in [7, 11) is 0. The van der Waals surface area contributed by atoms with Crippen LogP contribution in [0, 0.1) is 18.3 Å². The Bertz CT molecular complexity index is 739. The van der Waals surface area contributed by atoms with Gasteiger partial charge in [0.2, 0.25) is 5.91 Å². The van der Waals surface area contributed by atoms with Gasteiger partial charge in [-0.3, -0.25) is 14.8 Å². The van der Waals surface area contributed by atoms with E-state index in [1.165, 1.54) is 5.48 Å². The quantitative estimate of drug-likeness (QED) is 0.209. The molecule has 4 N–H and O–H groups in total. The summed E-state index contributed by atoms with van der Waals surface area (Å²) in [6.07, 6.45) is 6.68. The molecular weight excluding hydrogens is 376 g/mol. The maximum absolute atomic E-state index is 12.7. The van der Waals surface area contributed by atoms with E-state index >= 15 is 0 Å². The van der Waals surface area contributed by atoms with Crippen LogP contribution in [-0.4, -0.2) is 46.3 Å². The molecule has 0 heterocycles. The van der Waals surface area contributed by atoms with Crippen LogP contribution in [0.25, 0.3) is 0 Å². The second kappa shape index (κ2) is 11.2. The first-order valence-corrected chi connectivity index (χ1v) is 9.56. The number of nitrogens with one attached hydrogen (secondary N) is 2. The van der Waals surface area contributed by atoms with Gasteiger partial charge in [0.05, 0.1) is 5.92 Å². The average Bonchev–Trinajstić information content (AvgIpc) is 3.24.